The van der Waals surface area contributed by atoms with Crippen molar-refractivity contribution in [2.75, 3.05) is 31.1 Å². The highest BCUT2D eigenvalue weighted by molar-refractivity contribution is 7.13. The van der Waals surface area contributed by atoms with Gasteiger partial charge in [-0.25, -0.2) is 9.67 Å². The largest absolute Gasteiger partial charge is 0.368 e. The molecule has 7 heteroatoms. The van der Waals surface area contributed by atoms with Gasteiger partial charge < -0.3 is 9.80 Å². The van der Waals surface area contributed by atoms with Crippen molar-refractivity contribution in [3.63, 3.8) is 0 Å². The van der Waals surface area contributed by atoms with E-state index >= 15 is 0 Å². The van der Waals surface area contributed by atoms with Gasteiger partial charge in [0.1, 0.15) is 0 Å². The van der Waals surface area contributed by atoms with Crippen molar-refractivity contribution in [2.24, 2.45) is 0 Å². The second-order valence-corrected chi connectivity index (χ2v) is 8.93. The topological polar surface area (TPSA) is 54.3 Å². The fourth-order valence-electron chi connectivity index (χ4n) is 4.09. The van der Waals surface area contributed by atoms with Crippen LogP contribution in [0.5, 0.6) is 0 Å². The Morgan fingerprint density at radius 3 is 2.41 bits per heavy atom. The zero-order valence-corrected chi connectivity index (χ0v) is 19.0. The molecule has 162 valence electrons. The minimum atomic E-state index is -0.113. The Labute approximate surface area is 191 Å². The number of piperazine rings is 1. The van der Waals surface area contributed by atoms with Crippen molar-refractivity contribution in [3.05, 3.63) is 83.0 Å². The standard InChI is InChI=1S/C25H25N5OS/c1-18-8-6-11-21(19(18)2)28-13-15-29(16-14-28)25(31)23-26-24(22-12-7-17-32-22)30(27-23)20-9-4-3-5-10-20/h3-12,17H,13-16H2,1-2H3. The van der Waals surface area contributed by atoms with E-state index in [2.05, 4.69) is 47.0 Å². The first-order valence-corrected chi connectivity index (χ1v) is 11.7. The maximum absolute atomic E-state index is 13.3. The molecule has 1 aliphatic rings. The van der Waals surface area contributed by atoms with Crippen molar-refractivity contribution in [2.45, 2.75) is 13.8 Å². The number of anilines is 1. The minimum Gasteiger partial charge on any atom is -0.368 e. The van der Waals surface area contributed by atoms with Crippen molar-refractivity contribution in [3.8, 4) is 16.4 Å². The molecule has 0 saturated carbocycles. The van der Waals surface area contributed by atoms with Gasteiger partial charge in [0.15, 0.2) is 5.82 Å². The lowest BCUT2D eigenvalue weighted by Crippen LogP contribution is -2.49. The van der Waals surface area contributed by atoms with Gasteiger partial charge in [-0.1, -0.05) is 36.4 Å². The van der Waals surface area contributed by atoms with E-state index in [1.807, 2.05) is 52.7 Å². The van der Waals surface area contributed by atoms with Gasteiger partial charge in [0.2, 0.25) is 5.82 Å². The molecule has 2 aromatic carbocycles. The van der Waals surface area contributed by atoms with E-state index in [1.54, 1.807) is 16.0 Å². The Morgan fingerprint density at radius 2 is 1.69 bits per heavy atom. The molecule has 1 fully saturated rings. The summed E-state index contributed by atoms with van der Waals surface area (Å²) >= 11 is 1.59. The molecule has 3 heterocycles. The van der Waals surface area contributed by atoms with Crippen LogP contribution in [0, 0.1) is 13.8 Å². The fraction of sp³-hybridized carbons (Fsp3) is 0.240. The van der Waals surface area contributed by atoms with Crippen LogP contribution < -0.4 is 4.90 Å². The van der Waals surface area contributed by atoms with Crippen LogP contribution in [0.3, 0.4) is 0 Å². The quantitative estimate of drug-likeness (QED) is 0.463. The number of hydrogen-bond acceptors (Lipinski definition) is 5. The summed E-state index contributed by atoms with van der Waals surface area (Å²) in [5.41, 5.74) is 4.74. The molecule has 1 aliphatic heterocycles. The second kappa shape index (κ2) is 8.59. The van der Waals surface area contributed by atoms with E-state index in [0.29, 0.717) is 18.9 Å². The third kappa shape index (κ3) is 3.80. The summed E-state index contributed by atoms with van der Waals surface area (Å²) in [6.45, 7) is 7.20. The average Bonchev–Trinajstić information content (AvgIpc) is 3.51. The van der Waals surface area contributed by atoms with Gasteiger partial charge in [-0.3, -0.25) is 4.79 Å². The number of nitrogens with zero attached hydrogens (tertiary/aromatic N) is 5. The predicted molar refractivity (Wildman–Crippen MR) is 129 cm³/mol. The van der Waals surface area contributed by atoms with Crippen LogP contribution in [-0.4, -0.2) is 51.8 Å². The molecular weight excluding hydrogens is 418 g/mol. The zero-order valence-electron chi connectivity index (χ0n) is 18.2. The van der Waals surface area contributed by atoms with Crippen LogP contribution in [0.1, 0.15) is 21.7 Å². The van der Waals surface area contributed by atoms with Crippen molar-refractivity contribution < 1.29 is 4.79 Å². The molecular formula is C25H25N5OS. The Kier molecular flexibility index (Phi) is 5.49. The summed E-state index contributed by atoms with van der Waals surface area (Å²) in [5.74, 6) is 0.833. The predicted octanol–water partition coefficient (Wildman–Crippen LogP) is 4.58. The van der Waals surface area contributed by atoms with Crippen molar-refractivity contribution in [1.82, 2.24) is 19.7 Å². The smallest absolute Gasteiger partial charge is 0.293 e. The van der Waals surface area contributed by atoms with Gasteiger partial charge in [0.25, 0.3) is 5.91 Å². The molecule has 0 atom stereocenters. The van der Waals surface area contributed by atoms with Crippen LogP contribution in [0.4, 0.5) is 5.69 Å². The van der Waals surface area contributed by atoms with E-state index in [-0.39, 0.29) is 11.7 Å². The van der Waals surface area contributed by atoms with Crippen LogP contribution in [-0.2, 0) is 0 Å². The molecule has 0 unspecified atom stereocenters. The zero-order chi connectivity index (χ0) is 22.1. The molecule has 0 spiro atoms. The Balaban J connectivity index is 1.38. The lowest BCUT2D eigenvalue weighted by molar-refractivity contribution is 0.0734. The molecule has 2 aromatic heterocycles. The number of thiophene rings is 1. The lowest BCUT2D eigenvalue weighted by atomic mass is 10.1. The fourth-order valence-corrected chi connectivity index (χ4v) is 4.79. The third-order valence-electron chi connectivity index (χ3n) is 6.02. The van der Waals surface area contributed by atoms with Crippen molar-refractivity contribution in [1.29, 1.82) is 0 Å². The number of rotatable bonds is 4. The van der Waals surface area contributed by atoms with Crippen molar-refractivity contribution >= 4 is 22.9 Å². The number of benzene rings is 2. The third-order valence-corrected chi connectivity index (χ3v) is 6.89. The Hall–Kier alpha value is -3.45. The summed E-state index contributed by atoms with van der Waals surface area (Å²) in [5, 5.41) is 6.63. The van der Waals surface area contributed by atoms with Crippen LogP contribution in [0.15, 0.2) is 66.0 Å². The molecule has 0 radical (unpaired) electrons. The second-order valence-electron chi connectivity index (χ2n) is 7.98. The summed E-state index contributed by atoms with van der Waals surface area (Å²) in [6.07, 6.45) is 0. The normalized spacial score (nSPS) is 14.1. The lowest BCUT2D eigenvalue weighted by Gasteiger charge is -2.36. The number of aromatic nitrogens is 3. The van der Waals surface area contributed by atoms with Crippen LogP contribution in [0.25, 0.3) is 16.4 Å². The maximum atomic E-state index is 13.3. The van der Waals surface area contributed by atoms with E-state index < -0.39 is 0 Å². The SMILES string of the molecule is Cc1cccc(N2CCN(C(=O)c3nc(-c4cccs4)n(-c4ccccc4)n3)CC2)c1C. The highest BCUT2D eigenvalue weighted by Crippen LogP contribution is 2.27. The average molecular weight is 444 g/mol. The first-order chi connectivity index (χ1) is 15.6. The number of para-hydroxylation sites is 1. The summed E-state index contributed by atoms with van der Waals surface area (Å²) < 4.78 is 1.77. The van der Waals surface area contributed by atoms with Gasteiger partial charge in [0.05, 0.1) is 10.6 Å². The molecule has 4 aromatic rings. The van der Waals surface area contributed by atoms with E-state index in [0.717, 1.165) is 23.7 Å². The Bertz CT molecular complexity index is 1220. The Morgan fingerprint density at radius 1 is 0.906 bits per heavy atom. The van der Waals surface area contributed by atoms with Gasteiger partial charge in [-0.05, 0) is 54.6 Å². The molecule has 1 amide bonds. The van der Waals surface area contributed by atoms with Gasteiger partial charge in [-0.2, -0.15) is 0 Å². The molecule has 5 rings (SSSR count). The first kappa shape index (κ1) is 20.5. The van der Waals surface area contributed by atoms with E-state index in [9.17, 15) is 4.79 Å². The summed E-state index contributed by atoms with van der Waals surface area (Å²) in [4.78, 5) is 23.2. The number of carbonyl (C=O) groups is 1. The summed E-state index contributed by atoms with van der Waals surface area (Å²) in [7, 11) is 0. The molecule has 0 N–H and O–H groups in total. The van der Waals surface area contributed by atoms with Gasteiger partial charge in [0, 0.05) is 31.9 Å². The van der Waals surface area contributed by atoms with Gasteiger partial charge in [-0.15, -0.1) is 16.4 Å². The highest BCUT2D eigenvalue weighted by Gasteiger charge is 2.27. The van der Waals surface area contributed by atoms with Crippen LogP contribution >= 0.6 is 11.3 Å². The molecule has 0 aliphatic carbocycles. The summed E-state index contributed by atoms with van der Waals surface area (Å²) in [6, 6.07) is 20.2. The van der Waals surface area contributed by atoms with E-state index in [1.165, 1.54) is 16.8 Å². The molecule has 6 nitrogen and oxygen atoms in total. The first-order valence-electron chi connectivity index (χ1n) is 10.8. The molecule has 32 heavy (non-hydrogen) atoms. The number of amides is 1. The highest BCUT2D eigenvalue weighted by atomic mass is 32.1. The minimum absolute atomic E-state index is 0.113. The molecule has 0 bridgehead atoms. The van der Waals surface area contributed by atoms with Gasteiger partial charge >= 0.3 is 0 Å². The van der Waals surface area contributed by atoms with E-state index in [4.69, 9.17) is 0 Å². The number of hydrogen-bond donors (Lipinski definition) is 0. The molecule has 1 saturated heterocycles. The monoisotopic (exact) mass is 443 g/mol. The van der Waals surface area contributed by atoms with Crippen LogP contribution in [0.2, 0.25) is 0 Å². The number of carbonyl (C=O) groups excluding carboxylic acids is 1. The number of aryl methyl sites for hydroxylation is 1. The maximum Gasteiger partial charge on any atom is 0.293 e.